The van der Waals surface area contributed by atoms with Crippen molar-refractivity contribution in [3.8, 4) is 0 Å². The van der Waals surface area contributed by atoms with Gasteiger partial charge in [-0.2, -0.15) is 0 Å². The van der Waals surface area contributed by atoms with Crippen molar-refractivity contribution >= 4 is 0 Å². The van der Waals surface area contributed by atoms with Crippen LogP contribution in [0.15, 0.2) is 36.5 Å². The van der Waals surface area contributed by atoms with E-state index in [1.165, 1.54) is 24.0 Å². The normalized spacial score (nSPS) is 16.5. The van der Waals surface area contributed by atoms with Crippen molar-refractivity contribution < 1.29 is 0 Å². The second-order valence-corrected chi connectivity index (χ2v) is 4.32. The first-order valence-corrected chi connectivity index (χ1v) is 6.11. The molecule has 0 aliphatic rings. The highest BCUT2D eigenvalue weighted by atomic mass is 14.2. The molecule has 0 spiro atoms. The van der Waals surface area contributed by atoms with Gasteiger partial charge in [-0.15, -0.1) is 0 Å². The summed E-state index contributed by atoms with van der Waals surface area (Å²) in [6, 6.07) is 0. The molecule has 0 saturated carbocycles. The molecule has 0 amide bonds. The molecule has 0 aliphatic heterocycles. The van der Waals surface area contributed by atoms with E-state index in [0.29, 0.717) is 11.8 Å². The van der Waals surface area contributed by atoms with E-state index in [2.05, 4.69) is 40.9 Å². The molecular weight excluding hydrogens is 180 g/mol. The Bertz CT molecular complexity index is 232. The summed E-state index contributed by atoms with van der Waals surface area (Å²) in [6.45, 7) is 16.9. The summed E-state index contributed by atoms with van der Waals surface area (Å²) in [6.07, 6.45) is 7.65. The van der Waals surface area contributed by atoms with Crippen LogP contribution in [0, 0.1) is 11.8 Å². The van der Waals surface area contributed by atoms with Crippen molar-refractivity contribution in [2.24, 2.45) is 11.8 Å². The summed E-state index contributed by atoms with van der Waals surface area (Å²) in [7, 11) is 0. The summed E-state index contributed by atoms with van der Waals surface area (Å²) < 4.78 is 0. The number of hydrogen-bond donors (Lipinski definition) is 0. The molecule has 2 atom stereocenters. The van der Waals surface area contributed by atoms with Gasteiger partial charge < -0.3 is 0 Å². The lowest BCUT2D eigenvalue weighted by molar-refractivity contribution is 0.586. The minimum atomic E-state index is 0.592. The van der Waals surface area contributed by atoms with Gasteiger partial charge in [-0.3, -0.25) is 0 Å². The topological polar surface area (TPSA) is 0 Å². The van der Waals surface area contributed by atoms with Gasteiger partial charge in [0.1, 0.15) is 0 Å². The van der Waals surface area contributed by atoms with Crippen LogP contribution in [0.5, 0.6) is 0 Å². The largest absolute Gasteiger partial charge is 0.0988 e. The molecule has 0 aromatic carbocycles. The molecule has 0 N–H and O–H groups in total. The molecule has 0 saturated heterocycles. The Morgan fingerprint density at radius 3 is 1.80 bits per heavy atom. The molecular formula is C15H26. The molecule has 0 aromatic rings. The summed E-state index contributed by atoms with van der Waals surface area (Å²) in [5.74, 6) is 1.20. The van der Waals surface area contributed by atoms with Crippen molar-refractivity contribution in [2.75, 3.05) is 0 Å². The molecule has 0 heteroatoms. The Morgan fingerprint density at radius 2 is 1.47 bits per heavy atom. The van der Waals surface area contributed by atoms with Crippen LogP contribution < -0.4 is 0 Å². The number of rotatable bonds is 7. The average molecular weight is 206 g/mol. The van der Waals surface area contributed by atoms with E-state index in [1.54, 1.807) is 0 Å². The highest BCUT2D eigenvalue weighted by molar-refractivity contribution is 5.34. The summed E-state index contributed by atoms with van der Waals surface area (Å²) in [5, 5.41) is 0. The first-order valence-electron chi connectivity index (χ1n) is 6.11. The molecule has 0 aliphatic carbocycles. The predicted molar refractivity (Wildman–Crippen MR) is 70.9 cm³/mol. The lowest BCUT2D eigenvalue weighted by atomic mass is 9.86. The molecule has 0 fully saturated rings. The zero-order chi connectivity index (χ0) is 11.8. The Hall–Kier alpha value is -0.780. The third-order valence-corrected chi connectivity index (χ3v) is 3.17. The SMILES string of the molecule is C=C/C(=C(\C=C)C(C)CCC)C(C)CC. The van der Waals surface area contributed by atoms with Gasteiger partial charge in [0.25, 0.3) is 0 Å². The van der Waals surface area contributed by atoms with E-state index in [9.17, 15) is 0 Å². The Labute approximate surface area is 95.8 Å². The van der Waals surface area contributed by atoms with E-state index in [0.717, 1.165) is 6.42 Å². The van der Waals surface area contributed by atoms with E-state index in [4.69, 9.17) is 0 Å². The van der Waals surface area contributed by atoms with Crippen LogP contribution in [0.1, 0.15) is 47.0 Å². The maximum Gasteiger partial charge on any atom is -0.0188 e. The van der Waals surface area contributed by atoms with Crippen LogP contribution in [-0.4, -0.2) is 0 Å². The zero-order valence-electron chi connectivity index (χ0n) is 10.8. The van der Waals surface area contributed by atoms with Crippen LogP contribution in [0.4, 0.5) is 0 Å². The molecule has 0 radical (unpaired) electrons. The number of hydrogen-bond acceptors (Lipinski definition) is 0. The lowest BCUT2D eigenvalue weighted by Crippen LogP contribution is -2.05. The highest BCUT2D eigenvalue weighted by Gasteiger charge is 2.12. The average Bonchev–Trinajstić information content (AvgIpc) is 2.24. The van der Waals surface area contributed by atoms with Crippen LogP contribution in [0.3, 0.4) is 0 Å². The molecule has 2 unspecified atom stereocenters. The molecule has 15 heavy (non-hydrogen) atoms. The van der Waals surface area contributed by atoms with Gasteiger partial charge in [0.2, 0.25) is 0 Å². The van der Waals surface area contributed by atoms with Crippen molar-refractivity contribution in [2.45, 2.75) is 47.0 Å². The minimum Gasteiger partial charge on any atom is -0.0988 e. The van der Waals surface area contributed by atoms with Gasteiger partial charge in [-0.25, -0.2) is 0 Å². The second-order valence-electron chi connectivity index (χ2n) is 4.32. The maximum absolute atomic E-state index is 3.94. The Balaban J connectivity index is 5.05. The van der Waals surface area contributed by atoms with Crippen LogP contribution in [-0.2, 0) is 0 Å². The van der Waals surface area contributed by atoms with E-state index in [1.807, 2.05) is 12.2 Å². The molecule has 0 nitrogen and oxygen atoms in total. The first kappa shape index (κ1) is 14.2. The van der Waals surface area contributed by atoms with Gasteiger partial charge in [-0.1, -0.05) is 59.4 Å². The van der Waals surface area contributed by atoms with Crippen molar-refractivity contribution in [1.82, 2.24) is 0 Å². The molecule has 0 aromatic heterocycles. The fourth-order valence-corrected chi connectivity index (χ4v) is 2.02. The predicted octanol–water partition coefficient (Wildman–Crippen LogP) is 5.14. The Morgan fingerprint density at radius 1 is 1.00 bits per heavy atom. The summed E-state index contributed by atoms with van der Waals surface area (Å²) >= 11 is 0. The fourth-order valence-electron chi connectivity index (χ4n) is 2.02. The monoisotopic (exact) mass is 206 g/mol. The van der Waals surface area contributed by atoms with E-state index < -0.39 is 0 Å². The van der Waals surface area contributed by atoms with Gasteiger partial charge in [0, 0.05) is 0 Å². The van der Waals surface area contributed by atoms with Crippen molar-refractivity contribution in [3.63, 3.8) is 0 Å². The standard InChI is InChI=1S/C15H26/c1-7-11-13(6)15(10-4)14(9-3)12(5)8-2/h9-10,12-13H,3-4,7-8,11H2,1-2,5-6H3/b15-14-. The zero-order valence-corrected chi connectivity index (χ0v) is 10.8. The third-order valence-electron chi connectivity index (χ3n) is 3.17. The van der Waals surface area contributed by atoms with E-state index in [-0.39, 0.29) is 0 Å². The van der Waals surface area contributed by atoms with Crippen molar-refractivity contribution in [1.29, 1.82) is 0 Å². The smallest absolute Gasteiger partial charge is 0.0188 e. The highest BCUT2D eigenvalue weighted by Crippen LogP contribution is 2.27. The molecule has 86 valence electrons. The Kier molecular flexibility index (Phi) is 7.11. The number of allylic oxidation sites excluding steroid dienone is 4. The maximum atomic E-state index is 3.94. The van der Waals surface area contributed by atoms with Gasteiger partial charge in [0.15, 0.2) is 0 Å². The van der Waals surface area contributed by atoms with Crippen molar-refractivity contribution in [3.05, 3.63) is 36.5 Å². The molecule has 0 rings (SSSR count). The van der Waals surface area contributed by atoms with Gasteiger partial charge >= 0.3 is 0 Å². The second kappa shape index (κ2) is 7.50. The van der Waals surface area contributed by atoms with Crippen LogP contribution in [0.2, 0.25) is 0 Å². The third kappa shape index (κ3) is 4.07. The summed E-state index contributed by atoms with van der Waals surface area (Å²) in [4.78, 5) is 0. The fraction of sp³-hybridized carbons (Fsp3) is 0.600. The van der Waals surface area contributed by atoms with Gasteiger partial charge in [-0.05, 0) is 35.8 Å². The quantitative estimate of drug-likeness (QED) is 0.506. The molecule has 0 heterocycles. The van der Waals surface area contributed by atoms with Crippen LogP contribution in [0.25, 0.3) is 0 Å². The van der Waals surface area contributed by atoms with Crippen LogP contribution >= 0.6 is 0 Å². The van der Waals surface area contributed by atoms with E-state index >= 15 is 0 Å². The molecule has 0 bridgehead atoms. The summed E-state index contributed by atoms with van der Waals surface area (Å²) in [5.41, 5.74) is 2.77. The minimum absolute atomic E-state index is 0.592. The first-order chi connectivity index (χ1) is 7.12. The lowest BCUT2D eigenvalue weighted by Gasteiger charge is -2.20. The van der Waals surface area contributed by atoms with Gasteiger partial charge in [0.05, 0.1) is 0 Å².